The third-order valence-corrected chi connectivity index (χ3v) is 5.04. The highest BCUT2D eigenvalue weighted by molar-refractivity contribution is 5.96. The molecule has 2 fully saturated rings. The highest BCUT2D eigenvalue weighted by Gasteiger charge is 2.58. The van der Waals surface area contributed by atoms with Crippen LogP contribution < -0.4 is 10.1 Å². The summed E-state index contributed by atoms with van der Waals surface area (Å²) in [6.07, 6.45) is 4.34. The van der Waals surface area contributed by atoms with Gasteiger partial charge in [0.15, 0.2) is 0 Å². The van der Waals surface area contributed by atoms with Gasteiger partial charge in [-0.1, -0.05) is 41.5 Å². The SMILES string of the molecule is c1ccc(N2COC34CCCCC3=NN(c3ccccc3)N24)cc1. The number of hydrogen-bond donors (Lipinski definition) is 0. The van der Waals surface area contributed by atoms with Crippen LogP contribution in [0.1, 0.15) is 25.7 Å². The minimum Gasteiger partial charge on any atom is -0.329 e. The van der Waals surface area contributed by atoms with Crippen molar-refractivity contribution in [3.63, 3.8) is 0 Å². The first-order valence-electron chi connectivity index (χ1n) is 8.58. The molecular formula is C19H20N4O. The van der Waals surface area contributed by atoms with E-state index >= 15 is 0 Å². The van der Waals surface area contributed by atoms with Crippen molar-refractivity contribution in [2.24, 2.45) is 5.10 Å². The molecule has 1 spiro atoms. The molecule has 1 atom stereocenters. The van der Waals surface area contributed by atoms with E-state index in [1.165, 1.54) is 12.8 Å². The lowest BCUT2D eigenvalue weighted by Gasteiger charge is -2.39. The van der Waals surface area contributed by atoms with E-state index in [0.717, 1.165) is 29.9 Å². The average Bonchev–Trinajstić information content (AvgIpc) is 3.17. The predicted octanol–water partition coefficient (Wildman–Crippen LogP) is 3.76. The second kappa shape index (κ2) is 5.33. The lowest BCUT2D eigenvalue weighted by Crippen LogP contribution is -2.57. The fourth-order valence-electron chi connectivity index (χ4n) is 3.90. The lowest BCUT2D eigenvalue weighted by molar-refractivity contribution is -0.0301. The molecule has 122 valence electrons. The summed E-state index contributed by atoms with van der Waals surface area (Å²) in [5, 5.41) is 11.4. The molecule has 2 aromatic rings. The van der Waals surface area contributed by atoms with Gasteiger partial charge in [-0.05, 0) is 49.9 Å². The van der Waals surface area contributed by atoms with Gasteiger partial charge >= 0.3 is 0 Å². The van der Waals surface area contributed by atoms with Crippen LogP contribution in [0.25, 0.3) is 0 Å². The summed E-state index contributed by atoms with van der Waals surface area (Å²) < 4.78 is 6.37. The van der Waals surface area contributed by atoms with Crippen molar-refractivity contribution in [2.45, 2.75) is 31.4 Å². The molecule has 0 bridgehead atoms. The van der Waals surface area contributed by atoms with Crippen molar-refractivity contribution < 1.29 is 4.74 Å². The van der Waals surface area contributed by atoms with Crippen LogP contribution in [0.2, 0.25) is 0 Å². The number of hydrazine groups is 2. The van der Waals surface area contributed by atoms with Crippen LogP contribution in [0.15, 0.2) is 65.8 Å². The van der Waals surface area contributed by atoms with Gasteiger partial charge in [0.05, 0.1) is 17.1 Å². The standard InChI is InChI=1S/C19H20N4O/c1-3-9-16(10-4-1)21-15-24-19-14-8-7-13-18(19)20-22(23(19)21)17-11-5-2-6-12-17/h1-6,9-12H,7-8,13-15H2. The molecule has 5 heteroatoms. The summed E-state index contributed by atoms with van der Waals surface area (Å²) in [6, 6.07) is 20.7. The van der Waals surface area contributed by atoms with Gasteiger partial charge < -0.3 is 4.74 Å². The molecule has 2 aliphatic heterocycles. The Bertz CT molecular complexity index is 763. The number of hydrogen-bond acceptors (Lipinski definition) is 5. The monoisotopic (exact) mass is 320 g/mol. The van der Waals surface area contributed by atoms with E-state index in [9.17, 15) is 0 Å². The Morgan fingerprint density at radius 2 is 1.58 bits per heavy atom. The normalized spacial score (nSPS) is 26.2. The van der Waals surface area contributed by atoms with Crippen LogP contribution in [-0.4, -0.2) is 23.3 Å². The molecule has 0 N–H and O–H groups in total. The Labute approximate surface area is 141 Å². The zero-order chi connectivity index (χ0) is 16.0. The number of benzene rings is 2. The summed E-state index contributed by atoms with van der Waals surface area (Å²) in [7, 11) is 0. The maximum absolute atomic E-state index is 6.37. The number of para-hydroxylation sites is 2. The molecule has 5 rings (SSSR count). The zero-order valence-corrected chi connectivity index (χ0v) is 13.5. The summed E-state index contributed by atoms with van der Waals surface area (Å²) in [6.45, 7) is 0.548. The molecule has 0 radical (unpaired) electrons. The van der Waals surface area contributed by atoms with Gasteiger partial charge in [0, 0.05) is 0 Å². The largest absolute Gasteiger partial charge is 0.329 e. The molecule has 2 aromatic carbocycles. The van der Waals surface area contributed by atoms with E-state index in [-0.39, 0.29) is 0 Å². The van der Waals surface area contributed by atoms with Crippen molar-refractivity contribution in [1.29, 1.82) is 0 Å². The molecule has 24 heavy (non-hydrogen) atoms. The van der Waals surface area contributed by atoms with Crippen LogP contribution >= 0.6 is 0 Å². The van der Waals surface area contributed by atoms with Crippen LogP contribution in [0, 0.1) is 0 Å². The summed E-state index contributed by atoms with van der Waals surface area (Å²) in [5.74, 6) is 0. The first-order chi connectivity index (χ1) is 11.9. The zero-order valence-electron chi connectivity index (χ0n) is 13.5. The minimum absolute atomic E-state index is 0.413. The van der Waals surface area contributed by atoms with Crippen molar-refractivity contribution in [2.75, 3.05) is 16.9 Å². The second-order valence-electron chi connectivity index (χ2n) is 6.46. The number of rotatable bonds is 2. The maximum atomic E-state index is 6.37. The van der Waals surface area contributed by atoms with E-state index in [2.05, 4.69) is 46.5 Å². The van der Waals surface area contributed by atoms with Gasteiger partial charge in [-0.15, -0.1) is 0 Å². The first-order valence-corrected chi connectivity index (χ1v) is 8.58. The van der Waals surface area contributed by atoms with Crippen LogP contribution in [0.4, 0.5) is 11.4 Å². The van der Waals surface area contributed by atoms with Crippen LogP contribution in [0.5, 0.6) is 0 Å². The smallest absolute Gasteiger partial charge is 0.202 e. The van der Waals surface area contributed by atoms with Gasteiger partial charge in [-0.3, -0.25) is 5.01 Å². The van der Waals surface area contributed by atoms with Crippen molar-refractivity contribution >= 4 is 17.1 Å². The topological polar surface area (TPSA) is 31.3 Å². The molecule has 1 aliphatic carbocycles. The van der Waals surface area contributed by atoms with Gasteiger partial charge in [-0.25, -0.2) is 0 Å². The third-order valence-electron chi connectivity index (χ3n) is 5.04. The van der Waals surface area contributed by atoms with Crippen molar-refractivity contribution in [3.05, 3.63) is 60.7 Å². The predicted molar refractivity (Wildman–Crippen MR) is 94.3 cm³/mol. The quantitative estimate of drug-likeness (QED) is 0.843. The average molecular weight is 320 g/mol. The molecule has 3 aliphatic rings. The minimum atomic E-state index is -0.413. The number of anilines is 2. The Kier molecular flexibility index (Phi) is 3.11. The Hall–Kier alpha value is -2.37. The summed E-state index contributed by atoms with van der Waals surface area (Å²) in [4.78, 5) is 0. The van der Waals surface area contributed by atoms with E-state index < -0.39 is 5.72 Å². The molecule has 1 saturated carbocycles. The van der Waals surface area contributed by atoms with Crippen LogP contribution in [0.3, 0.4) is 0 Å². The summed E-state index contributed by atoms with van der Waals surface area (Å²) in [5.41, 5.74) is 2.92. The Morgan fingerprint density at radius 3 is 2.33 bits per heavy atom. The van der Waals surface area contributed by atoms with Crippen molar-refractivity contribution in [1.82, 2.24) is 5.12 Å². The van der Waals surface area contributed by atoms with E-state index in [0.29, 0.717) is 6.73 Å². The maximum Gasteiger partial charge on any atom is 0.202 e. The van der Waals surface area contributed by atoms with Crippen LogP contribution in [-0.2, 0) is 4.74 Å². The molecule has 1 saturated heterocycles. The first kappa shape index (κ1) is 14.0. The van der Waals surface area contributed by atoms with Gasteiger partial charge in [-0.2, -0.15) is 10.2 Å². The van der Waals surface area contributed by atoms with E-state index in [1.807, 2.05) is 29.4 Å². The fraction of sp³-hybridized carbons (Fsp3) is 0.316. The van der Waals surface area contributed by atoms with E-state index in [4.69, 9.17) is 9.84 Å². The lowest BCUT2D eigenvalue weighted by atomic mass is 9.90. The Morgan fingerprint density at radius 1 is 0.875 bits per heavy atom. The van der Waals surface area contributed by atoms with Gasteiger partial charge in [0.25, 0.3) is 0 Å². The molecule has 2 heterocycles. The number of ether oxygens (including phenoxy) is 1. The third kappa shape index (κ3) is 1.92. The second-order valence-corrected chi connectivity index (χ2v) is 6.46. The molecule has 5 nitrogen and oxygen atoms in total. The highest BCUT2D eigenvalue weighted by Crippen LogP contribution is 2.46. The van der Waals surface area contributed by atoms with Gasteiger partial charge in [0.2, 0.25) is 5.72 Å². The number of nitrogens with zero attached hydrogens (tertiary/aromatic N) is 4. The molecule has 0 aromatic heterocycles. The molecular weight excluding hydrogens is 300 g/mol. The van der Waals surface area contributed by atoms with E-state index in [1.54, 1.807) is 0 Å². The number of hydrazone groups is 1. The van der Waals surface area contributed by atoms with Gasteiger partial charge in [0.1, 0.15) is 6.73 Å². The van der Waals surface area contributed by atoms with Crippen molar-refractivity contribution in [3.8, 4) is 0 Å². The summed E-state index contributed by atoms with van der Waals surface area (Å²) >= 11 is 0. The molecule has 0 amide bonds. The molecule has 1 unspecified atom stereocenters. The Balaban J connectivity index is 1.61. The highest BCUT2D eigenvalue weighted by atomic mass is 16.6. The fourth-order valence-corrected chi connectivity index (χ4v) is 3.90.